The number of hydrogen-bond donors (Lipinski definition) is 2. The molecular formula is C11H17NO4. The molecule has 90 valence electrons. The van der Waals surface area contributed by atoms with Gasteiger partial charge in [0.25, 0.3) is 0 Å². The molecule has 2 rings (SSSR count). The number of nitrogens with one attached hydrogen (secondary N) is 1. The summed E-state index contributed by atoms with van der Waals surface area (Å²) < 4.78 is 5.60. The van der Waals surface area contributed by atoms with E-state index in [1.807, 2.05) is 0 Å². The van der Waals surface area contributed by atoms with E-state index < -0.39 is 5.97 Å². The molecule has 1 amide bonds. The Hall–Kier alpha value is -1.10. The molecule has 0 spiro atoms. The first-order valence-corrected chi connectivity index (χ1v) is 5.82. The molecule has 2 bridgehead atoms. The van der Waals surface area contributed by atoms with Crippen molar-refractivity contribution >= 4 is 11.9 Å². The smallest absolute Gasteiger partial charge is 0.303 e. The molecule has 0 aliphatic carbocycles. The number of ether oxygens (including phenoxy) is 1. The highest BCUT2D eigenvalue weighted by molar-refractivity contribution is 5.79. The SMILES string of the molecule is O=C(O)CCCNC(=O)[C@@H]1C[C@H]2CC[C@@H]1O2. The second kappa shape index (κ2) is 4.82. The van der Waals surface area contributed by atoms with Crippen molar-refractivity contribution in [1.82, 2.24) is 5.32 Å². The van der Waals surface area contributed by atoms with Crippen LogP contribution in [0, 0.1) is 5.92 Å². The van der Waals surface area contributed by atoms with Crippen molar-refractivity contribution < 1.29 is 19.4 Å². The predicted molar refractivity (Wildman–Crippen MR) is 55.9 cm³/mol. The summed E-state index contributed by atoms with van der Waals surface area (Å²) in [7, 11) is 0. The van der Waals surface area contributed by atoms with Crippen molar-refractivity contribution in [2.24, 2.45) is 5.92 Å². The number of carbonyl (C=O) groups excluding carboxylic acids is 1. The third-order valence-corrected chi connectivity index (χ3v) is 3.31. The van der Waals surface area contributed by atoms with Crippen LogP contribution in [0.1, 0.15) is 32.1 Å². The maximum Gasteiger partial charge on any atom is 0.303 e. The lowest BCUT2D eigenvalue weighted by molar-refractivity contribution is -0.137. The number of aliphatic carboxylic acids is 1. The van der Waals surface area contributed by atoms with Gasteiger partial charge in [-0.3, -0.25) is 9.59 Å². The van der Waals surface area contributed by atoms with Crippen LogP contribution in [0.2, 0.25) is 0 Å². The molecule has 2 heterocycles. The van der Waals surface area contributed by atoms with E-state index in [1.54, 1.807) is 0 Å². The highest BCUT2D eigenvalue weighted by Crippen LogP contribution is 2.38. The number of fused-ring (bicyclic) bond motifs is 2. The summed E-state index contributed by atoms with van der Waals surface area (Å²) in [4.78, 5) is 22.0. The van der Waals surface area contributed by atoms with Gasteiger partial charge in [0.2, 0.25) is 5.91 Å². The third kappa shape index (κ3) is 2.52. The lowest BCUT2D eigenvalue weighted by Crippen LogP contribution is -2.36. The molecule has 2 fully saturated rings. The second-order valence-corrected chi connectivity index (χ2v) is 4.50. The summed E-state index contributed by atoms with van der Waals surface area (Å²) in [5.74, 6) is -0.807. The van der Waals surface area contributed by atoms with Crippen molar-refractivity contribution in [2.75, 3.05) is 6.54 Å². The second-order valence-electron chi connectivity index (χ2n) is 4.50. The maximum atomic E-state index is 11.7. The highest BCUT2D eigenvalue weighted by atomic mass is 16.5. The van der Waals surface area contributed by atoms with Gasteiger partial charge in [0.1, 0.15) is 0 Å². The van der Waals surface area contributed by atoms with E-state index in [0.29, 0.717) is 13.0 Å². The molecule has 0 unspecified atom stereocenters. The quantitative estimate of drug-likeness (QED) is 0.672. The summed E-state index contributed by atoms with van der Waals surface area (Å²) >= 11 is 0. The molecule has 0 saturated carbocycles. The van der Waals surface area contributed by atoms with Gasteiger partial charge in [0, 0.05) is 13.0 Å². The van der Waals surface area contributed by atoms with E-state index in [1.165, 1.54) is 0 Å². The van der Waals surface area contributed by atoms with Crippen LogP contribution in [0.15, 0.2) is 0 Å². The Balaban J connectivity index is 1.66. The van der Waals surface area contributed by atoms with E-state index in [9.17, 15) is 9.59 Å². The topological polar surface area (TPSA) is 75.6 Å². The molecule has 2 N–H and O–H groups in total. The van der Waals surface area contributed by atoms with Crippen LogP contribution in [0.25, 0.3) is 0 Å². The Morgan fingerprint density at radius 2 is 2.19 bits per heavy atom. The molecule has 5 heteroatoms. The minimum Gasteiger partial charge on any atom is -0.481 e. The normalized spacial score (nSPS) is 31.6. The first-order chi connectivity index (χ1) is 7.66. The van der Waals surface area contributed by atoms with Gasteiger partial charge in [-0.15, -0.1) is 0 Å². The van der Waals surface area contributed by atoms with Crippen LogP contribution >= 0.6 is 0 Å². The standard InChI is InChI=1S/C11H17NO4/c13-10(14)2-1-5-12-11(15)8-6-7-3-4-9(8)16-7/h7-9H,1-6H2,(H,12,15)(H,13,14)/t7-,8-,9+/m1/s1. The maximum absolute atomic E-state index is 11.7. The summed E-state index contributed by atoms with van der Waals surface area (Å²) in [5, 5.41) is 11.2. The number of carboxylic acid groups (broad SMARTS) is 1. The molecule has 0 aromatic heterocycles. The van der Waals surface area contributed by atoms with Gasteiger partial charge in [-0.2, -0.15) is 0 Å². The summed E-state index contributed by atoms with van der Waals surface area (Å²) in [5.41, 5.74) is 0. The average Bonchev–Trinajstić information content (AvgIpc) is 2.85. The molecule has 2 saturated heterocycles. The minimum atomic E-state index is -0.822. The van der Waals surface area contributed by atoms with Gasteiger partial charge in [-0.05, 0) is 25.7 Å². The van der Waals surface area contributed by atoms with Gasteiger partial charge in [-0.1, -0.05) is 0 Å². The number of carboxylic acids is 1. The third-order valence-electron chi connectivity index (χ3n) is 3.31. The molecule has 2 aliphatic heterocycles. The predicted octanol–water partition coefficient (Wildman–Crippen LogP) is 0.535. The molecule has 16 heavy (non-hydrogen) atoms. The first kappa shape index (κ1) is 11.4. The summed E-state index contributed by atoms with van der Waals surface area (Å²) in [6, 6.07) is 0. The lowest BCUT2D eigenvalue weighted by atomic mass is 9.88. The van der Waals surface area contributed by atoms with Gasteiger partial charge in [0.05, 0.1) is 18.1 Å². The van der Waals surface area contributed by atoms with Crippen LogP contribution in [-0.4, -0.2) is 35.7 Å². The molecule has 0 aromatic rings. The summed E-state index contributed by atoms with van der Waals surface area (Å²) in [6.07, 6.45) is 3.86. The van der Waals surface area contributed by atoms with Crippen LogP contribution in [0.5, 0.6) is 0 Å². The van der Waals surface area contributed by atoms with Crippen LogP contribution in [0.4, 0.5) is 0 Å². The number of amides is 1. The van der Waals surface area contributed by atoms with Gasteiger partial charge >= 0.3 is 5.97 Å². The van der Waals surface area contributed by atoms with Gasteiger partial charge < -0.3 is 15.2 Å². The largest absolute Gasteiger partial charge is 0.481 e. The highest BCUT2D eigenvalue weighted by Gasteiger charge is 2.44. The minimum absolute atomic E-state index is 0.0106. The van der Waals surface area contributed by atoms with E-state index in [-0.39, 0.29) is 30.5 Å². The van der Waals surface area contributed by atoms with Crippen molar-refractivity contribution in [1.29, 1.82) is 0 Å². The molecule has 3 atom stereocenters. The Labute approximate surface area is 94.2 Å². The zero-order chi connectivity index (χ0) is 11.5. The number of hydrogen-bond acceptors (Lipinski definition) is 3. The Kier molecular flexibility index (Phi) is 3.43. The molecule has 2 aliphatic rings. The lowest BCUT2D eigenvalue weighted by Gasteiger charge is -2.17. The van der Waals surface area contributed by atoms with Gasteiger partial charge in [-0.25, -0.2) is 0 Å². The van der Waals surface area contributed by atoms with Crippen molar-refractivity contribution in [2.45, 2.75) is 44.3 Å². The van der Waals surface area contributed by atoms with Crippen LogP contribution < -0.4 is 5.32 Å². The van der Waals surface area contributed by atoms with E-state index in [2.05, 4.69) is 5.32 Å². The van der Waals surface area contributed by atoms with Crippen LogP contribution in [-0.2, 0) is 14.3 Å². The first-order valence-electron chi connectivity index (χ1n) is 5.82. The van der Waals surface area contributed by atoms with Gasteiger partial charge in [0.15, 0.2) is 0 Å². The Morgan fingerprint density at radius 3 is 2.75 bits per heavy atom. The molecule has 0 radical (unpaired) electrons. The van der Waals surface area contributed by atoms with E-state index in [4.69, 9.17) is 9.84 Å². The molecule has 5 nitrogen and oxygen atoms in total. The number of carbonyl (C=O) groups is 2. The number of rotatable bonds is 5. The molecule has 0 aromatic carbocycles. The van der Waals surface area contributed by atoms with Crippen molar-refractivity contribution in [3.63, 3.8) is 0 Å². The van der Waals surface area contributed by atoms with E-state index >= 15 is 0 Å². The Morgan fingerprint density at radius 1 is 1.38 bits per heavy atom. The van der Waals surface area contributed by atoms with Crippen molar-refractivity contribution in [3.05, 3.63) is 0 Å². The van der Waals surface area contributed by atoms with Crippen LogP contribution in [0.3, 0.4) is 0 Å². The molecular weight excluding hydrogens is 210 g/mol. The van der Waals surface area contributed by atoms with E-state index in [0.717, 1.165) is 19.3 Å². The zero-order valence-electron chi connectivity index (χ0n) is 9.15. The van der Waals surface area contributed by atoms with Crippen molar-refractivity contribution in [3.8, 4) is 0 Å². The summed E-state index contributed by atoms with van der Waals surface area (Å²) in [6.45, 7) is 0.443. The zero-order valence-corrected chi connectivity index (χ0v) is 9.15. The average molecular weight is 227 g/mol. The fraction of sp³-hybridized carbons (Fsp3) is 0.818. The fourth-order valence-corrected chi connectivity index (χ4v) is 2.50. The monoisotopic (exact) mass is 227 g/mol. The fourth-order valence-electron chi connectivity index (χ4n) is 2.50. The Bertz CT molecular complexity index is 292.